The Morgan fingerprint density at radius 2 is 1.12 bits per heavy atom. The van der Waals surface area contributed by atoms with Crippen molar-refractivity contribution in [3.8, 4) is 55.9 Å². The van der Waals surface area contributed by atoms with Crippen LogP contribution in [0.1, 0.15) is 16.7 Å². The molecule has 3 nitrogen and oxygen atoms in total. The van der Waals surface area contributed by atoms with Crippen molar-refractivity contribution in [3.63, 3.8) is 0 Å². The summed E-state index contributed by atoms with van der Waals surface area (Å²) >= 11 is -1.85. The topological polar surface area (TPSA) is 38.9 Å². The van der Waals surface area contributed by atoms with Gasteiger partial charge in [0.25, 0.3) is 0 Å². The largest absolute Gasteiger partial charge is 0 e. The van der Waals surface area contributed by atoms with Crippen molar-refractivity contribution < 1.29 is 24.5 Å². The van der Waals surface area contributed by atoms with Gasteiger partial charge in [-0.15, -0.1) is 18.2 Å². The zero-order valence-corrected chi connectivity index (χ0v) is 37.6. The standard InChI is InChI=1S/C30H20NO.C22H24GeN.Ir/c1-20-17-28(31-19-27(20)22-11-6-3-7-12-22)26-14-8-13-25-24-16-15-23(18-29(24)32-30(25)26)21-9-4-2-5-10-21;1-16-13-19(11-12-20(16)18-9-7-6-8-10-18)22-14-17(2)21(15-24-22)23(3,4)5;/h2-13,15-19H,1H3;6-10,12-15H,1-5H3;/q2*-1;. The molecule has 0 aliphatic rings. The van der Waals surface area contributed by atoms with E-state index in [9.17, 15) is 0 Å². The van der Waals surface area contributed by atoms with E-state index in [-0.39, 0.29) is 20.1 Å². The smallest absolute Gasteiger partial charge is 0 e. The molecule has 5 heteroatoms. The second kappa shape index (κ2) is 17.0. The van der Waals surface area contributed by atoms with Gasteiger partial charge in [0.1, 0.15) is 5.58 Å². The summed E-state index contributed by atoms with van der Waals surface area (Å²) in [5, 5.41) is 2.19. The van der Waals surface area contributed by atoms with Gasteiger partial charge in [0.15, 0.2) is 0 Å². The van der Waals surface area contributed by atoms with Crippen molar-refractivity contribution in [1.29, 1.82) is 0 Å². The van der Waals surface area contributed by atoms with Crippen molar-refractivity contribution in [2.45, 2.75) is 38.0 Å². The number of pyridine rings is 2. The number of aromatic nitrogens is 2. The van der Waals surface area contributed by atoms with E-state index < -0.39 is 13.3 Å². The van der Waals surface area contributed by atoms with Crippen LogP contribution in [0.4, 0.5) is 0 Å². The summed E-state index contributed by atoms with van der Waals surface area (Å²) in [6, 6.07) is 57.1. The Labute approximate surface area is 352 Å². The molecule has 0 aliphatic heterocycles. The molecule has 0 bridgehead atoms. The van der Waals surface area contributed by atoms with Crippen molar-refractivity contribution in [2.24, 2.45) is 0 Å². The molecule has 0 N–H and O–H groups in total. The quantitative estimate of drug-likeness (QED) is 0.123. The minimum Gasteiger partial charge on any atom is 0 e. The van der Waals surface area contributed by atoms with Crippen LogP contribution in [-0.2, 0) is 20.1 Å². The van der Waals surface area contributed by atoms with Gasteiger partial charge in [0.05, 0.1) is 5.58 Å². The number of rotatable bonds is 6. The van der Waals surface area contributed by atoms with Crippen LogP contribution in [-0.4, -0.2) is 23.2 Å². The van der Waals surface area contributed by atoms with Crippen molar-refractivity contribution in [2.75, 3.05) is 0 Å². The Bertz CT molecular complexity index is 2810. The molecule has 0 atom stereocenters. The van der Waals surface area contributed by atoms with Crippen LogP contribution < -0.4 is 4.40 Å². The molecular weight excluding hydrogens is 933 g/mol. The average molecular weight is 978 g/mol. The molecule has 0 saturated heterocycles. The van der Waals surface area contributed by atoms with Crippen molar-refractivity contribution in [1.82, 2.24) is 9.97 Å². The van der Waals surface area contributed by atoms with Crippen LogP contribution in [0.25, 0.3) is 77.8 Å². The third-order valence-corrected chi connectivity index (χ3v) is 14.9. The predicted octanol–water partition coefficient (Wildman–Crippen LogP) is 13.5. The third-order valence-electron chi connectivity index (χ3n) is 10.4. The van der Waals surface area contributed by atoms with Gasteiger partial charge in [-0.25, -0.2) is 0 Å². The molecule has 0 aliphatic carbocycles. The minimum absolute atomic E-state index is 0. The summed E-state index contributed by atoms with van der Waals surface area (Å²) < 4.78 is 7.87. The van der Waals surface area contributed by atoms with Gasteiger partial charge in [-0.2, -0.15) is 0 Å². The van der Waals surface area contributed by atoms with Crippen LogP contribution >= 0.6 is 0 Å². The Kier molecular flexibility index (Phi) is 11.9. The van der Waals surface area contributed by atoms with E-state index in [0.717, 1.165) is 55.6 Å². The zero-order valence-electron chi connectivity index (χ0n) is 33.1. The number of furan rings is 1. The van der Waals surface area contributed by atoms with Gasteiger partial charge < -0.3 is 9.40 Å². The SMILES string of the molecule is Cc1cc(-c2[c-]ccc3c2oc2cc(-c4ccccc4)ccc23)ncc1-c1ccccc1.Cc1cc(-c2cc(C)[c]([Ge]([CH3])([CH3])[CH3])cn2)[c-]cc1-c1ccccc1.[Ir]. The molecule has 0 saturated carbocycles. The summed E-state index contributed by atoms with van der Waals surface area (Å²) in [7, 11) is 0. The molecule has 283 valence electrons. The maximum atomic E-state index is 6.38. The first-order valence-corrected chi connectivity index (χ1v) is 26.5. The first kappa shape index (κ1) is 39.8. The zero-order chi connectivity index (χ0) is 38.8. The van der Waals surface area contributed by atoms with Crippen LogP contribution in [0.5, 0.6) is 0 Å². The van der Waals surface area contributed by atoms with E-state index in [0.29, 0.717) is 0 Å². The molecule has 1 radical (unpaired) electrons. The van der Waals surface area contributed by atoms with Crippen LogP contribution in [0.15, 0.2) is 162 Å². The second-order valence-electron chi connectivity index (χ2n) is 15.5. The predicted molar refractivity (Wildman–Crippen MR) is 238 cm³/mol. The third kappa shape index (κ3) is 8.50. The monoisotopic (exact) mass is 979 g/mol. The maximum Gasteiger partial charge on any atom is 0 e. The number of nitrogens with zero attached hydrogens (tertiary/aromatic N) is 2. The van der Waals surface area contributed by atoms with Gasteiger partial charge >= 0.3 is 148 Å². The molecule has 0 amide bonds. The molecule has 57 heavy (non-hydrogen) atoms. The number of benzene rings is 6. The second-order valence-corrected chi connectivity index (χ2v) is 26.0. The summed E-state index contributed by atoms with van der Waals surface area (Å²) in [6.45, 7) is 6.49. The summed E-state index contributed by atoms with van der Waals surface area (Å²) in [4.78, 5) is 9.52. The van der Waals surface area contributed by atoms with Gasteiger partial charge in [-0.3, -0.25) is 0 Å². The summed E-state index contributed by atoms with van der Waals surface area (Å²) in [6.07, 6.45) is 4.04. The van der Waals surface area contributed by atoms with E-state index in [2.05, 4.69) is 178 Å². The molecule has 0 unspecified atom stereocenters. The van der Waals surface area contributed by atoms with Gasteiger partial charge in [0, 0.05) is 37.3 Å². The average Bonchev–Trinajstić information content (AvgIpc) is 3.60. The number of hydrogen-bond acceptors (Lipinski definition) is 3. The number of fused-ring (bicyclic) bond motifs is 3. The number of hydrogen-bond donors (Lipinski definition) is 0. The molecule has 3 aromatic heterocycles. The van der Waals surface area contributed by atoms with Crippen molar-refractivity contribution in [3.05, 3.63) is 187 Å². The minimum atomic E-state index is -1.85. The van der Waals surface area contributed by atoms with E-state index in [4.69, 9.17) is 14.4 Å². The molecule has 0 spiro atoms. The normalized spacial score (nSPS) is 11.2. The fraction of sp³-hybridized carbons (Fsp3) is 0.115. The van der Waals surface area contributed by atoms with Crippen molar-refractivity contribution >= 4 is 39.6 Å². The van der Waals surface area contributed by atoms with Crippen LogP contribution in [0.3, 0.4) is 0 Å². The molecule has 9 aromatic rings. The first-order valence-electron chi connectivity index (χ1n) is 19.1. The fourth-order valence-corrected chi connectivity index (χ4v) is 11.1. The molecular formula is C52H44GeIrN2O-2. The van der Waals surface area contributed by atoms with E-state index in [1.54, 1.807) is 0 Å². The summed E-state index contributed by atoms with van der Waals surface area (Å²) in [5.74, 6) is 7.23. The molecule has 9 rings (SSSR count). The van der Waals surface area contributed by atoms with Gasteiger partial charge in [-0.05, 0) is 40.9 Å². The van der Waals surface area contributed by atoms with Crippen LogP contribution in [0.2, 0.25) is 17.3 Å². The molecule has 6 aromatic carbocycles. The molecule has 3 heterocycles. The summed E-state index contributed by atoms with van der Waals surface area (Å²) in [5.41, 5.74) is 16.4. The maximum absolute atomic E-state index is 6.38. The van der Waals surface area contributed by atoms with Gasteiger partial charge in [-0.1, -0.05) is 89.8 Å². The van der Waals surface area contributed by atoms with Gasteiger partial charge in [0.2, 0.25) is 0 Å². The van der Waals surface area contributed by atoms with E-state index in [1.807, 2.05) is 30.5 Å². The van der Waals surface area contributed by atoms with E-state index >= 15 is 0 Å². The Morgan fingerprint density at radius 1 is 0.526 bits per heavy atom. The Morgan fingerprint density at radius 3 is 1.74 bits per heavy atom. The number of aryl methyl sites for hydroxylation is 3. The molecule has 0 fully saturated rings. The van der Waals surface area contributed by atoms with Crippen LogP contribution in [0, 0.1) is 32.9 Å². The van der Waals surface area contributed by atoms with E-state index in [1.165, 1.54) is 43.3 Å². The fourth-order valence-electron chi connectivity index (χ4n) is 7.52. The first-order chi connectivity index (χ1) is 27.1. The Balaban J connectivity index is 0.000000179. The Hall–Kier alpha value is -5.39.